The molecule has 0 aliphatic carbocycles. The zero-order chi connectivity index (χ0) is 11.4. The Hall–Kier alpha value is -0.280. The molecule has 0 bridgehead atoms. The molecule has 16 heavy (non-hydrogen) atoms. The van der Waals surface area contributed by atoms with Gasteiger partial charge in [0, 0.05) is 29.1 Å². The van der Waals surface area contributed by atoms with E-state index in [1.165, 1.54) is 19.3 Å². The first-order valence-electron chi connectivity index (χ1n) is 5.75. The third kappa shape index (κ3) is 2.89. The predicted molar refractivity (Wildman–Crippen MR) is 72.3 cm³/mol. The van der Waals surface area contributed by atoms with Crippen molar-refractivity contribution in [2.45, 2.75) is 31.7 Å². The second-order valence-electron chi connectivity index (χ2n) is 4.16. The van der Waals surface area contributed by atoms with Gasteiger partial charge in [0.2, 0.25) is 0 Å². The van der Waals surface area contributed by atoms with Crippen molar-refractivity contribution in [3.8, 4) is 0 Å². The summed E-state index contributed by atoms with van der Waals surface area (Å²) >= 11 is 9.27. The average Bonchev–Trinajstić information content (AvgIpc) is 2.32. The smallest absolute Gasteiger partial charge is 0.128 e. The third-order valence-corrected chi connectivity index (χ3v) is 3.76. The molecule has 0 aromatic carbocycles. The summed E-state index contributed by atoms with van der Waals surface area (Å²) in [5, 5.41) is 0. The maximum absolute atomic E-state index is 5.86. The van der Waals surface area contributed by atoms with E-state index in [0.717, 1.165) is 29.1 Å². The minimum absolute atomic E-state index is 0.569. The van der Waals surface area contributed by atoms with E-state index in [9.17, 15) is 0 Å². The van der Waals surface area contributed by atoms with Crippen LogP contribution >= 0.6 is 27.5 Å². The quantitative estimate of drug-likeness (QED) is 0.789. The van der Waals surface area contributed by atoms with Crippen LogP contribution in [0.4, 0.5) is 5.82 Å². The highest BCUT2D eigenvalue weighted by molar-refractivity contribution is 9.10. The third-order valence-electron chi connectivity index (χ3n) is 3.08. The fourth-order valence-electron chi connectivity index (χ4n) is 2.27. The Morgan fingerprint density at radius 1 is 1.44 bits per heavy atom. The number of aromatic nitrogens is 1. The van der Waals surface area contributed by atoms with Crippen molar-refractivity contribution in [2.75, 3.05) is 17.3 Å². The monoisotopic (exact) mass is 302 g/mol. The van der Waals surface area contributed by atoms with Crippen LogP contribution in [0.5, 0.6) is 0 Å². The molecule has 2 nitrogen and oxygen atoms in total. The molecule has 2 heterocycles. The first kappa shape index (κ1) is 12.2. The van der Waals surface area contributed by atoms with Crippen molar-refractivity contribution in [1.29, 1.82) is 0 Å². The standard InChI is InChI=1S/C12H16BrClN2/c13-10-4-5-12(15-9-10)16-8-2-1-3-11(16)6-7-14/h4-5,9,11H,1-3,6-8H2. The number of hydrogen-bond donors (Lipinski definition) is 0. The van der Waals surface area contributed by atoms with Crippen LogP contribution in [0.15, 0.2) is 22.8 Å². The van der Waals surface area contributed by atoms with E-state index < -0.39 is 0 Å². The maximum Gasteiger partial charge on any atom is 0.128 e. The lowest BCUT2D eigenvalue weighted by Gasteiger charge is -2.36. The van der Waals surface area contributed by atoms with E-state index in [2.05, 4.69) is 37.9 Å². The molecule has 1 aromatic heterocycles. The van der Waals surface area contributed by atoms with Gasteiger partial charge in [-0.3, -0.25) is 0 Å². The van der Waals surface area contributed by atoms with Gasteiger partial charge in [-0.2, -0.15) is 0 Å². The summed E-state index contributed by atoms with van der Waals surface area (Å²) in [5.41, 5.74) is 0. The number of alkyl halides is 1. The summed E-state index contributed by atoms with van der Waals surface area (Å²) < 4.78 is 1.03. The number of nitrogens with zero attached hydrogens (tertiary/aromatic N) is 2. The molecule has 4 heteroatoms. The molecule has 2 rings (SSSR count). The Bertz CT molecular complexity index is 326. The molecule has 0 amide bonds. The Morgan fingerprint density at radius 3 is 3.00 bits per heavy atom. The van der Waals surface area contributed by atoms with Crippen LogP contribution in [-0.2, 0) is 0 Å². The van der Waals surface area contributed by atoms with Crippen LogP contribution in [0.2, 0.25) is 0 Å². The van der Waals surface area contributed by atoms with E-state index in [-0.39, 0.29) is 0 Å². The molecule has 1 aromatic rings. The van der Waals surface area contributed by atoms with Crippen LogP contribution in [0, 0.1) is 0 Å². The van der Waals surface area contributed by atoms with Crippen molar-refractivity contribution in [1.82, 2.24) is 4.98 Å². The number of hydrogen-bond acceptors (Lipinski definition) is 2. The molecule has 0 saturated carbocycles. The summed E-state index contributed by atoms with van der Waals surface area (Å²) in [6.45, 7) is 1.11. The van der Waals surface area contributed by atoms with Crippen molar-refractivity contribution < 1.29 is 0 Å². The van der Waals surface area contributed by atoms with Gasteiger partial charge in [0.15, 0.2) is 0 Å². The minimum Gasteiger partial charge on any atom is -0.354 e. The van der Waals surface area contributed by atoms with E-state index in [1.807, 2.05) is 6.20 Å². The Morgan fingerprint density at radius 2 is 2.31 bits per heavy atom. The van der Waals surface area contributed by atoms with Crippen molar-refractivity contribution in [2.24, 2.45) is 0 Å². The van der Waals surface area contributed by atoms with Gasteiger partial charge in [-0.25, -0.2) is 4.98 Å². The van der Waals surface area contributed by atoms with Gasteiger partial charge in [-0.15, -0.1) is 11.6 Å². The molecule has 0 N–H and O–H groups in total. The molecule has 1 fully saturated rings. The Balaban J connectivity index is 2.13. The Kier molecular flexibility index (Phi) is 4.47. The lowest BCUT2D eigenvalue weighted by atomic mass is 10.00. The zero-order valence-electron chi connectivity index (χ0n) is 9.20. The lowest BCUT2D eigenvalue weighted by molar-refractivity contribution is 0.448. The van der Waals surface area contributed by atoms with Crippen molar-refractivity contribution in [3.05, 3.63) is 22.8 Å². The van der Waals surface area contributed by atoms with Crippen molar-refractivity contribution >= 4 is 33.3 Å². The highest BCUT2D eigenvalue weighted by Gasteiger charge is 2.22. The van der Waals surface area contributed by atoms with E-state index in [0.29, 0.717) is 6.04 Å². The van der Waals surface area contributed by atoms with Gasteiger partial charge in [-0.05, 0) is 53.7 Å². The predicted octanol–water partition coefficient (Wildman–Crippen LogP) is 3.83. The van der Waals surface area contributed by atoms with E-state index >= 15 is 0 Å². The van der Waals surface area contributed by atoms with Gasteiger partial charge >= 0.3 is 0 Å². The summed E-state index contributed by atoms with van der Waals surface area (Å²) in [6.07, 6.45) is 6.73. The summed E-state index contributed by atoms with van der Waals surface area (Å²) in [7, 11) is 0. The second kappa shape index (κ2) is 5.87. The van der Waals surface area contributed by atoms with Gasteiger partial charge in [-0.1, -0.05) is 0 Å². The van der Waals surface area contributed by atoms with Gasteiger partial charge in [0.1, 0.15) is 5.82 Å². The molecule has 0 spiro atoms. The van der Waals surface area contributed by atoms with E-state index in [4.69, 9.17) is 11.6 Å². The van der Waals surface area contributed by atoms with Crippen LogP contribution in [0.1, 0.15) is 25.7 Å². The fraction of sp³-hybridized carbons (Fsp3) is 0.583. The lowest BCUT2D eigenvalue weighted by Crippen LogP contribution is -2.40. The molecule has 1 aliphatic rings. The highest BCUT2D eigenvalue weighted by Crippen LogP contribution is 2.25. The maximum atomic E-state index is 5.86. The van der Waals surface area contributed by atoms with Gasteiger partial charge in [0.25, 0.3) is 0 Å². The summed E-state index contributed by atoms with van der Waals surface area (Å²) in [6, 6.07) is 4.70. The van der Waals surface area contributed by atoms with Crippen LogP contribution in [0.3, 0.4) is 0 Å². The topological polar surface area (TPSA) is 16.1 Å². The van der Waals surface area contributed by atoms with Crippen molar-refractivity contribution in [3.63, 3.8) is 0 Å². The molecule has 1 aliphatic heterocycles. The highest BCUT2D eigenvalue weighted by atomic mass is 79.9. The first-order chi connectivity index (χ1) is 7.81. The second-order valence-corrected chi connectivity index (χ2v) is 5.45. The molecule has 1 atom stereocenters. The average molecular weight is 304 g/mol. The molecule has 1 saturated heterocycles. The SMILES string of the molecule is ClCCC1CCCCN1c1ccc(Br)cn1. The first-order valence-corrected chi connectivity index (χ1v) is 7.08. The summed E-state index contributed by atoms with van der Waals surface area (Å²) in [4.78, 5) is 6.87. The molecule has 0 radical (unpaired) electrons. The van der Waals surface area contributed by atoms with Gasteiger partial charge < -0.3 is 4.90 Å². The molecular formula is C12H16BrClN2. The number of piperidine rings is 1. The number of anilines is 1. The zero-order valence-corrected chi connectivity index (χ0v) is 11.5. The minimum atomic E-state index is 0.569. The Labute approximate surface area is 110 Å². The molecule has 88 valence electrons. The number of rotatable bonds is 3. The van der Waals surface area contributed by atoms with Crippen LogP contribution in [-0.4, -0.2) is 23.5 Å². The molecular weight excluding hydrogens is 288 g/mol. The number of pyridine rings is 1. The van der Waals surface area contributed by atoms with Gasteiger partial charge in [0.05, 0.1) is 0 Å². The van der Waals surface area contributed by atoms with Crippen LogP contribution in [0.25, 0.3) is 0 Å². The molecule has 1 unspecified atom stereocenters. The number of halogens is 2. The van der Waals surface area contributed by atoms with Crippen LogP contribution < -0.4 is 4.90 Å². The fourth-order valence-corrected chi connectivity index (χ4v) is 2.75. The largest absolute Gasteiger partial charge is 0.354 e. The normalized spacial score (nSPS) is 21.1. The van der Waals surface area contributed by atoms with E-state index in [1.54, 1.807) is 0 Å². The summed E-state index contributed by atoms with van der Waals surface area (Å²) in [5.74, 6) is 1.82.